The van der Waals surface area contributed by atoms with Crippen molar-refractivity contribution in [1.82, 2.24) is 0 Å². The minimum absolute atomic E-state index is 0.00125. The first kappa shape index (κ1) is 48.2. The Bertz CT molecular complexity index is 4320. The summed E-state index contributed by atoms with van der Waals surface area (Å²) in [5.74, 6) is 0. The van der Waals surface area contributed by atoms with Gasteiger partial charge in [0.25, 0.3) is 6.71 Å². The summed E-state index contributed by atoms with van der Waals surface area (Å²) >= 11 is 1.95. The molecule has 0 radical (unpaired) electrons. The standard InChI is InChI=1S/C73H72BN3OS/c1-43-37-50-52(70(6,7)35-33-68(50,2)3)41-58(43)76-61-39-44(77-56-25-15-14-24-49(56)72(10)31-18-19-32-73(72,77)11)38-60-64(61)74(54-30-29-47-45-21-12-16-27-62(45)78-66(47)65(54)76)55-40-51-53(71(8,9)36-34-69(51,4)5)42-59(55)75(60)57-26-20-23-48-46-22-13-17-28-63(46)79-67(48)57/h12-17,20-30,37-42H,18-19,31-36H2,1-11H3. The zero-order valence-electron chi connectivity index (χ0n) is 48.2. The molecular formula is C73H72BN3OS. The molecule has 1 saturated carbocycles. The molecule has 3 aliphatic carbocycles. The van der Waals surface area contributed by atoms with Gasteiger partial charge in [0.05, 0.1) is 21.6 Å². The van der Waals surface area contributed by atoms with Gasteiger partial charge in [0.1, 0.15) is 5.58 Å². The zero-order chi connectivity index (χ0) is 54.1. The van der Waals surface area contributed by atoms with Gasteiger partial charge in [-0.15, -0.1) is 11.3 Å². The van der Waals surface area contributed by atoms with Crippen LogP contribution in [-0.4, -0.2) is 12.3 Å². The van der Waals surface area contributed by atoms with E-state index in [0.29, 0.717) is 0 Å². The second kappa shape index (κ2) is 15.8. The minimum atomic E-state index is -0.159. The summed E-state index contributed by atoms with van der Waals surface area (Å²) < 4.78 is 10.1. The van der Waals surface area contributed by atoms with Crippen LogP contribution in [0.15, 0.2) is 144 Å². The van der Waals surface area contributed by atoms with E-state index < -0.39 is 0 Å². The van der Waals surface area contributed by atoms with Crippen LogP contribution in [0, 0.1) is 6.92 Å². The van der Waals surface area contributed by atoms with Crippen molar-refractivity contribution in [2.75, 3.05) is 14.7 Å². The molecule has 6 aliphatic rings. The number of furan rings is 1. The van der Waals surface area contributed by atoms with Gasteiger partial charge in [-0.25, -0.2) is 0 Å². The van der Waals surface area contributed by atoms with Crippen molar-refractivity contribution in [3.63, 3.8) is 0 Å². The van der Waals surface area contributed by atoms with Gasteiger partial charge in [0.15, 0.2) is 5.58 Å². The van der Waals surface area contributed by atoms with Crippen LogP contribution in [0.25, 0.3) is 42.1 Å². The smallest absolute Gasteiger partial charge is 0.252 e. The Morgan fingerprint density at radius 1 is 0.456 bits per heavy atom. The first-order valence-electron chi connectivity index (χ1n) is 29.7. The summed E-state index contributed by atoms with van der Waals surface area (Å²) in [7, 11) is 0. The number of fused-ring (bicyclic) bond motifs is 16. The van der Waals surface area contributed by atoms with Crippen molar-refractivity contribution in [3.05, 3.63) is 173 Å². The lowest BCUT2D eigenvalue weighted by molar-refractivity contribution is 0.195. The molecule has 3 aliphatic heterocycles. The van der Waals surface area contributed by atoms with Crippen LogP contribution in [-0.2, 0) is 27.1 Å². The van der Waals surface area contributed by atoms with Crippen molar-refractivity contribution in [1.29, 1.82) is 0 Å². The maximum Gasteiger partial charge on any atom is 0.252 e. The highest BCUT2D eigenvalue weighted by Gasteiger charge is 2.58. The van der Waals surface area contributed by atoms with Crippen LogP contribution in [0.4, 0.5) is 45.5 Å². The monoisotopic (exact) mass is 1050 g/mol. The van der Waals surface area contributed by atoms with E-state index in [1.165, 1.54) is 141 Å². The van der Waals surface area contributed by atoms with Crippen molar-refractivity contribution in [2.45, 2.75) is 160 Å². The van der Waals surface area contributed by atoms with Gasteiger partial charge in [0, 0.05) is 65.8 Å². The van der Waals surface area contributed by atoms with E-state index >= 15 is 0 Å². The molecule has 16 rings (SSSR count). The molecule has 0 saturated heterocycles. The third kappa shape index (κ3) is 6.28. The molecule has 394 valence electrons. The molecule has 1 fully saturated rings. The predicted molar refractivity (Wildman–Crippen MR) is 339 cm³/mol. The van der Waals surface area contributed by atoms with E-state index in [2.05, 4.69) is 230 Å². The van der Waals surface area contributed by atoms with Gasteiger partial charge in [-0.05, 0) is 172 Å². The lowest BCUT2D eigenvalue weighted by atomic mass is 9.33. The van der Waals surface area contributed by atoms with E-state index in [1.807, 2.05) is 11.3 Å². The third-order valence-electron chi connectivity index (χ3n) is 21.8. The normalized spacial score (nSPS) is 22.6. The number of nitrogens with zero attached hydrogens (tertiary/aromatic N) is 3. The number of anilines is 8. The van der Waals surface area contributed by atoms with E-state index in [4.69, 9.17) is 4.42 Å². The fourth-order valence-electron chi connectivity index (χ4n) is 16.9. The first-order chi connectivity index (χ1) is 37.8. The Balaban J connectivity index is 1.10. The molecule has 2 atom stereocenters. The molecule has 0 N–H and O–H groups in total. The number of benzene rings is 8. The minimum Gasteiger partial charge on any atom is -0.454 e. The Kier molecular flexibility index (Phi) is 9.62. The second-order valence-corrected chi connectivity index (χ2v) is 29.1. The highest BCUT2D eigenvalue weighted by Crippen LogP contribution is 2.63. The van der Waals surface area contributed by atoms with Gasteiger partial charge < -0.3 is 19.1 Å². The third-order valence-corrected chi connectivity index (χ3v) is 23.0. The van der Waals surface area contributed by atoms with Crippen LogP contribution in [0.1, 0.15) is 154 Å². The molecular weight excluding hydrogens is 978 g/mol. The highest BCUT2D eigenvalue weighted by atomic mass is 32.1. The molecule has 8 aromatic carbocycles. The molecule has 2 unspecified atom stereocenters. The summed E-state index contributed by atoms with van der Waals surface area (Å²) in [6.07, 6.45) is 9.36. The quantitative estimate of drug-likeness (QED) is 0.165. The fraction of sp³-hybridized carbons (Fsp3) is 0.342. The topological polar surface area (TPSA) is 22.9 Å². The fourth-order valence-corrected chi connectivity index (χ4v) is 18.1. The number of rotatable bonds is 3. The van der Waals surface area contributed by atoms with E-state index in [9.17, 15) is 0 Å². The average molecular weight is 1050 g/mol. The summed E-state index contributed by atoms with van der Waals surface area (Å²) in [4.78, 5) is 8.33. The number of hydrogen-bond acceptors (Lipinski definition) is 5. The summed E-state index contributed by atoms with van der Waals surface area (Å²) in [6.45, 7) is 27.4. The van der Waals surface area contributed by atoms with Crippen LogP contribution >= 0.6 is 11.3 Å². The first-order valence-corrected chi connectivity index (χ1v) is 30.5. The Hall–Kier alpha value is -6.76. The molecule has 0 amide bonds. The molecule has 0 spiro atoms. The maximum absolute atomic E-state index is 7.41. The number of hydrogen-bond donors (Lipinski definition) is 0. The number of aryl methyl sites for hydroxylation is 1. The van der Waals surface area contributed by atoms with Crippen LogP contribution in [0.3, 0.4) is 0 Å². The molecule has 4 nitrogen and oxygen atoms in total. The SMILES string of the molecule is Cc1cc2c(cc1N1c3cc(N4c5ccccc5C5(C)CCCCC45C)cc4c3B(c3cc5c(cc3N4c3cccc4c3sc3ccccc34)C(C)(C)CCC5(C)C)c3ccc4c(oc5ccccc54)c31)C(C)(C)CCC2(C)C. The lowest BCUT2D eigenvalue weighted by Gasteiger charge is -2.51. The van der Waals surface area contributed by atoms with Crippen molar-refractivity contribution in [3.8, 4) is 0 Å². The van der Waals surface area contributed by atoms with Gasteiger partial charge in [0.2, 0.25) is 0 Å². The number of thiophene rings is 1. The Morgan fingerprint density at radius 2 is 1.05 bits per heavy atom. The molecule has 6 heteroatoms. The van der Waals surface area contributed by atoms with Gasteiger partial charge >= 0.3 is 0 Å². The Labute approximate surface area is 471 Å². The zero-order valence-corrected chi connectivity index (χ0v) is 49.0. The van der Waals surface area contributed by atoms with Gasteiger partial charge in [-0.3, -0.25) is 0 Å². The van der Waals surface area contributed by atoms with Crippen LogP contribution in [0.5, 0.6) is 0 Å². The molecule has 10 aromatic rings. The van der Waals surface area contributed by atoms with E-state index in [0.717, 1.165) is 47.6 Å². The molecule has 5 heterocycles. The molecule has 0 bridgehead atoms. The number of para-hydroxylation sites is 2. The lowest BCUT2D eigenvalue weighted by Crippen LogP contribution is -2.62. The van der Waals surface area contributed by atoms with Crippen LogP contribution < -0.4 is 31.1 Å². The average Bonchev–Trinajstić information content (AvgIpc) is 4.02. The second-order valence-electron chi connectivity index (χ2n) is 28.1. The molecule has 2 aromatic heterocycles. The molecule has 79 heavy (non-hydrogen) atoms. The summed E-state index contributed by atoms with van der Waals surface area (Å²) in [5, 5.41) is 4.97. The van der Waals surface area contributed by atoms with Crippen molar-refractivity contribution < 1.29 is 4.42 Å². The largest absolute Gasteiger partial charge is 0.454 e. The Morgan fingerprint density at radius 3 is 1.80 bits per heavy atom. The predicted octanol–water partition coefficient (Wildman–Crippen LogP) is 18.8. The van der Waals surface area contributed by atoms with E-state index in [-0.39, 0.29) is 39.3 Å². The van der Waals surface area contributed by atoms with Crippen molar-refractivity contribution in [2.24, 2.45) is 0 Å². The van der Waals surface area contributed by atoms with Gasteiger partial charge in [-0.1, -0.05) is 166 Å². The van der Waals surface area contributed by atoms with Gasteiger partial charge in [-0.2, -0.15) is 0 Å². The summed E-state index contributed by atoms with van der Waals surface area (Å²) in [6, 6.07) is 55.2. The maximum atomic E-state index is 7.41. The van der Waals surface area contributed by atoms with E-state index in [1.54, 1.807) is 0 Å². The highest BCUT2D eigenvalue weighted by molar-refractivity contribution is 7.26. The summed E-state index contributed by atoms with van der Waals surface area (Å²) in [5.41, 5.74) is 24.6. The van der Waals surface area contributed by atoms with Crippen molar-refractivity contribution >= 4 is 122 Å². The van der Waals surface area contributed by atoms with Crippen LogP contribution in [0.2, 0.25) is 0 Å².